The van der Waals surface area contributed by atoms with Gasteiger partial charge in [0.25, 0.3) is 5.89 Å². The van der Waals surface area contributed by atoms with Gasteiger partial charge in [0.05, 0.1) is 16.8 Å². The molecule has 32 heavy (non-hydrogen) atoms. The number of carbonyl (C=O) groups is 1. The topological polar surface area (TPSA) is 91.0 Å². The van der Waals surface area contributed by atoms with E-state index in [0.717, 1.165) is 22.1 Å². The molecule has 0 saturated carbocycles. The first-order valence-electron chi connectivity index (χ1n) is 10.0. The summed E-state index contributed by atoms with van der Waals surface area (Å²) in [4.78, 5) is 26.0. The molecule has 0 aliphatic rings. The third-order valence-electron chi connectivity index (χ3n) is 5.00. The number of esters is 1. The summed E-state index contributed by atoms with van der Waals surface area (Å²) in [7, 11) is 0. The van der Waals surface area contributed by atoms with Crippen molar-refractivity contribution in [3.05, 3.63) is 96.1 Å². The molecule has 0 fully saturated rings. The summed E-state index contributed by atoms with van der Waals surface area (Å²) in [6.45, 7) is 1.89. The van der Waals surface area contributed by atoms with Gasteiger partial charge in [0, 0.05) is 28.9 Å². The first-order valence-corrected chi connectivity index (χ1v) is 10.0. The van der Waals surface area contributed by atoms with Gasteiger partial charge in [-0.15, -0.1) is 0 Å². The van der Waals surface area contributed by atoms with Crippen molar-refractivity contribution in [3.63, 3.8) is 0 Å². The summed E-state index contributed by atoms with van der Waals surface area (Å²) in [6, 6.07) is 20.8. The zero-order valence-corrected chi connectivity index (χ0v) is 17.2. The van der Waals surface area contributed by atoms with E-state index in [0.29, 0.717) is 22.6 Å². The lowest BCUT2D eigenvalue weighted by Crippen LogP contribution is -2.07. The fourth-order valence-corrected chi connectivity index (χ4v) is 3.35. The normalized spacial score (nSPS) is 10.9. The number of pyridine rings is 2. The lowest BCUT2D eigenvalue weighted by molar-refractivity contribution is 0.0432. The van der Waals surface area contributed by atoms with Crippen molar-refractivity contribution in [2.24, 2.45) is 0 Å². The quantitative estimate of drug-likeness (QED) is 0.368. The van der Waals surface area contributed by atoms with Crippen LogP contribution in [0.15, 0.2) is 83.6 Å². The minimum absolute atomic E-state index is 0.136. The van der Waals surface area contributed by atoms with Crippen molar-refractivity contribution >= 4 is 16.9 Å². The van der Waals surface area contributed by atoms with Crippen LogP contribution < -0.4 is 0 Å². The molecular weight excluding hydrogens is 404 g/mol. The van der Waals surface area contributed by atoms with Crippen LogP contribution in [0.2, 0.25) is 0 Å². The van der Waals surface area contributed by atoms with Gasteiger partial charge in [-0.2, -0.15) is 4.98 Å². The minimum atomic E-state index is -0.488. The van der Waals surface area contributed by atoms with E-state index in [9.17, 15) is 4.79 Å². The highest BCUT2D eigenvalue weighted by Gasteiger charge is 2.17. The lowest BCUT2D eigenvalue weighted by Gasteiger charge is -2.09. The van der Waals surface area contributed by atoms with E-state index in [1.54, 1.807) is 24.5 Å². The molecule has 0 amide bonds. The van der Waals surface area contributed by atoms with Crippen molar-refractivity contribution in [2.45, 2.75) is 13.5 Å². The van der Waals surface area contributed by atoms with Crippen LogP contribution in [0.5, 0.6) is 0 Å². The number of aryl methyl sites for hydroxylation is 1. The fourth-order valence-electron chi connectivity index (χ4n) is 3.35. The maximum atomic E-state index is 13.0. The van der Waals surface area contributed by atoms with Gasteiger partial charge in [-0.3, -0.25) is 4.98 Å². The number of rotatable bonds is 5. The van der Waals surface area contributed by atoms with Crippen LogP contribution in [-0.4, -0.2) is 26.1 Å². The second kappa shape index (κ2) is 8.39. The Morgan fingerprint density at radius 2 is 1.81 bits per heavy atom. The van der Waals surface area contributed by atoms with Gasteiger partial charge >= 0.3 is 5.97 Å². The van der Waals surface area contributed by atoms with Gasteiger partial charge in [0.2, 0.25) is 5.82 Å². The van der Waals surface area contributed by atoms with Gasteiger partial charge in [-0.05, 0) is 31.2 Å². The third kappa shape index (κ3) is 3.96. The molecule has 5 rings (SSSR count). The van der Waals surface area contributed by atoms with Crippen LogP contribution in [0, 0.1) is 6.92 Å². The molecule has 2 aromatic carbocycles. The highest BCUT2D eigenvalue weighted by molar-refractivity contribution is 6.04. The van der Waals surface area contributed by atoms with Gasteiger partial charge in [0.1, 0.15) is 0 Å². The first-order chi connectivity index (χ1) is 15.7. The summed E-state index contributed by atoms with van der Waals surface area (Å²) in [5, 5.41) is 4.64. The van der Waals surface area contributed by atoms with E-state index in [1.807, 2.05) is 61.5 Å². The van der Waals surface area contributed by atoms with Crippen molar-refractivity contribution in [3.8, 4) is 22.6 Å². The van der Waals surface area contributed by atoms with Crippen LogP contribution in [-0.2, 0) is 11.3 Å². The van der Waals surface area contributed by atoms with E-state index < -0.39 is 5.97 Å². The fraction of sp³-hybridized carbons (Fsp3) is 0.0800. The van der Waals surface area contributed by atoms with E-state index >= 15 is 0 Å². The van der Waals surface area contributed by atoms with Crippen LogP contribution in [0.1, 0.15) is 21.8 Å². The van der Waals surface area contributed by atoms with Crippen molar-refractivity contribution < 1.29 is 14.1 Å². The third-order valence-corrected chi connectivity index (χ3v) is 5.00. The molecule has 7 heteroatoms. The summed E-state index contributed by atoms with van der Waals surface area (Å²) in [5.41, 5.74) is 4.64. The van der Waals surface area contributed by atoms with Crippen LogP contribution >= 0.6 is 0 Å². The Labute approximate surface area is 183 Å². The Hall–Kier alpha value is -4.39. The Morgan fingerprint density at radius 1 is 0.969 bits per heavy atom. The zero-order chi connectivity index (χ0) is 21.9. The van der Waals surface area contributed by atoms with Crippen molar-refractivity contribution in [1.82, 2.24) is 20.1 Å². The molecule has 0 aliphatic carbocycles. The summed E-state index contributed by atoms with van der Waals surface area (Å²) < 4.78 is 10.7. The highest BCUT2D eigenvalue weighted by Crippen LogP contribution is 2.26. The van der Waals surface area contributed by atoms with E-state index in [2.05, 4.69) is 15.1 Å². The van der Waals surface area contributed by atoms with Gasteiger partial charge < -0.3 is 9.26 Å². The minimum Gasteiger partial charge on any atom is -0.452 e. The largest absolute Gasteiger partial charge is 0.452 e. The number of hydrogen-bond donors (Lipinski definition) is 0. The van der Waals surface area contributed by atoms with Gasteiger partial charge in [0.15, 0.2) is 6.61 Å². The molecule has 0 atom stereocenters. The molecule has 3 aromatic heterocycles. The lowest BCUT2D eigenvalue weighted by atomic mass is 10.0. The summed E-state index contributed by atoms with van der Waals surface area (Å²) in [6.07, 6.45) is 3.30. The molecule has 0 bridgehead atoms. The number of aromatic nitrogens is 4. The second-order valence-electron chi connectivity index (χ2n) is 7.27. The monoisotopic (exact) mass is 422 g/mol. The molecule has 3 heterocycles. The van der Waals surface area contributed by atoms with Gasteiger partial charge in [-0.25, -0.2) is 9.78 Å². The molecule has 0 aliphatic heterocycles. The average molecular weight is 422 g/mol. The Morgan fingerprint density at radius 3 is 2.62 bits per heavy atom. The number of hydrogen-bond acceptors (Lipinski definition) is 7. The molecule has 156 valence electrons. The van der Waals surface area contributed by atoms with E-state index in [-0.39, 0.29) is 12.5 Å². The van der Waals surface area contributed by atoms with Gasteiger partial charge in [-0.1, -0.05) is 53.2 Å². The Balaban J connectivity index is 1.42. The summed E-state index contributed by atoms with van der Waals surface area (Å²) in [5.74, 6) is 0.104. The molecule has 0 spiro atoms. The highest BCUT2D eigenvalue weighted by atomic mass is 16.6. The van der Waals surface area contributed by atoms with Crippen molar-refractivity contribution in [1.29, 1.82) is 0 Å². The standard InChI is InChI=1S/C25H18N4O3/c1-16-8-10-17(11-9-16)22-13-20(19-6-2-3-7-21(19)27-22)25(30)31-15-23-28-24(29-32-23)18-5-4-12-26-14-18/h2-14H,15H2,1H3. The number of para-hydroxylation sites is 1. The number of carbonyl (C=O) groups excluding carboxylic acids is 1. The SMILES string of the molecule is Cc1ccc(-c2cc(C(=O)OCc3nc(-c4cccnc4)no3)c3ccccc3n2)cc1. The Kier molecular flexibility index (Phi) is 5.13. The molecule has 0 saturated heterocycles. The summed E-state index contributed by atoms with van der Waals surface area (Å²) >= 11 is 0. The molecular formula is C25H18N4O3. The average Bonchev–Trinajstić information content (AvgIpc) is 3.32. The number of fused-ring (bicyclic) bond motifs is 1. The smallest absolute Gasteiger partial charge is 0.339 e. The zero-order valence-electron chi connectivity index (χ0n) is 17.2. The van der Waals surface area contributed by atoms with Crippen LogP contribution in [0.3, 0.4) is 0 Å². The van der Waals surface area contributed by atoms with E-state index in [1.165, 1.54) is 0 Å². The number of ether oxygens (including phenoxy) is 1. The molecule has 0 N–H and O–H groups in total. The molecule has 5 aromatic rings. The predicted octanol–water partition coefficient (Wildman–Crippen LogP) is 5.01. The number of benzene rings is 2. The Bertz CT molecular complexity index is 1400. The van der Waals surface area contributed by atoms with Crippen LogP contribution in [0.4, 0.5) is 0 Å². The molecule has 0 radical (unpaired) electrons. The second-order valence-corrected chi connectivity index (χ2v) is 7.27. The predicted molar refractivity (Wildman–Crippen MR) is 119 cm³/mol. The first kappa shape index (κ1) is 19.6. The maximum Gasteiger partial charge on any atom is 0.339 e. The molecule has 7 nitrogen and oxygen atoms in total. The molecule has 0 unspecified atom stereocenters. The maximum absolute atomic E-state index is 13.0. The number of nitrogens with zero attached hydrogens (tertiary/aromatic N) is 4. The van der Waals surface area contributed by atoms with Crippen molar-refractivity contribution in [2.75, 3.05) is 0 Å². The van der Waals surface area contributed by atoms with E-state index in [4.69, 9.17) is 14.2 Å². The van der Waals surface area contributed by atoms with Crippen LogP contribution in [0.25, 0.3) is 33.5 Å².